The quantitative estimate of drug-likeness (QED) is 0.674. The zero-order valence-electron chi connectivity index (χ0n) is 13.4. The fourth-order valence-corrected chi connectivity index (χ4v) is 7.39. The van der Waals surface area contributed by atoms with Gasteiger partial charge in [0, 0.05) is 6.42 Å². The first-order valence-corrected chi connectivity index (χ1v) is 9.26. The van der Waals surface area contributed by atoms with E-state index in [2.05, 4.69) is 13.0 Å². The van der Waals surface area contributed by atoms with Crippen LogP contribution in [0.1, 0.15) is 51.9 Å². The molecule has 0 saturated heterocycles. The van der Waals surface area contributed by atoms with E-state index in [1.54, 1.807) is 0 Å². The van der Waals surface area contributed by atoms with Crippen LogP contribution in [0.25, 0.3) is 0 Å². The average molecular weight is 295 g/mol. The summed E-state index contributed by atoms with van der Waals surface area (Å²) in [5.41, 5.74) is 1.78. The van der Waals surface area contributed by atoms with Crippen LogP contribution in [0, 0.1) is 58.2 Å². The van der Waals surface area contributed by atoms with E-state index in [1.165, 1.54) is 31.3 Å². The molecule has 0 aromatic rings. The van der Waals surface area contributed by atoms with Gasteiger partial charge in [0.1, 0.15) is 0 Å². The number of fused-ring (bicyclic) bond motifs is 7. The van der Waals surface area contributed by atoms with Gasteiger partial charge in [-0.2, -0.15) is 5.26 Å². The normalized spacial score (nSPS) is 55.2. The van der Waals surface area contributed by atoms with Crippen LogP contribution in [0.2, 0.25) is 0 Å². The molecule has 5 aliphatic carbocycles. The molecule has 0 heterocycles. The monoisotopic (exact) mass is 295 g/mol. The van der Waals surface area contributed by atoms with E-state index in [9.17, 15) is 10.1 Å². The molecule has 0 aromatic carbocycles. The van der Waals surface area contributed by atoms with Crippen molar-refractivity contribution >= 4 is 5.78 Å². The van der Waals surface area contributed by atoms with E-state index in [-0.39, 0.29) is 0 Å². The number of hydrogen-bond acceptors (Lipinski definition) is 2. The number of nitrogens with zero attached hydrogens (tertiary/aromatic N) is 1. The second kappa shape index (κ2) is 4.25. The molecule has 0 N–H and O–H groups in total. The number of rotatable bonds is 0. The predicted octanol–water partition coefficient (Wildman–Crippen LogP) is 4.12. The fourth-order valence-electron chi connectivity index (χ4n) is 7.39. The number of allylic oxidation sites excluding steroid dienone is 1. The fraction of sp³-hybridized carbons (Fsp3) is 0.800. The lowest BCUT2D eigenvalue weighted by molar-refractivity contribution is -0.116. The Hall–Kier alpha value is -1.10. The summed E-state index contributed by atoms with van der Waals surface area (Å²) in [7, 11) is 0. The van der Waals surface area contributed by atoms with E-state index in [1.807, 2.05) is 6.08 Å². The minimum Gasteiger partial charge on any atom is -0.295 e. The maximum absolute atomic E-state index is 11.7. The van der Waals surface area contributed by atoms with Gasteiger partial charge in [-0.05, 0) is 85.5 Å². The highest BCUT2D eigenvalue weighted by atomic mass is 16.1. The molecule has 0 spiro atoms. The van der Waals surface area contributed by atoms with Crippen molar-refractivity contribution in [3.05, 3.63) is 11.6 Å². The highest BCUT2D eigenvalue weighted by Gasteiger charge is 2.69. The Kier molecular flexibility index (Phi) is 2.58. The Morgan fingerprint density at radius 3 is 2.82 bits per heavy atom. The Bertz CT molecular complexity index is 614. The Balaban J connectivity index is 1.49. The van der Waals surface area contributed by atoms with E-state index >= 15 is 0 Å². The number of carbonyl (C=O) groups is 1. The molecule has 4 fully saturated rings. The molecule has 116 valence electrons. The third-order valence-electron chi connectivity index (χ3n) is 8.23. The van der Waals surface area contributed by atoms with Gasteiger partial charge in [-0.1, -0.05) is 12.5 Å². The van der Waals surface area contributed by atoms with Gasteiger partial charge in [0.15, 0.2) is 5.78 Å². The van der Waals surface area contributed by atoms with Crippen LogP contribution in [0.5, 0.6) is 0 Å². The van der Waals surface area contributed by atoms with Gasteiger partial charge in [0.05, 0.1) is 12.0 Å². The second-order valence-electron chi connectivity index (χ2n) is 8.94. The van der Waals surface area contributed by atoms with Gasteiger partial charge >= 0.3 is 0 Å². The molecular formula is C20H25NO. The van der Waals surface area contributed by atoms with Crippen LogP contribution in [0.3, 0.4) is 0 Å². The maximum Gasteiger partial charge on any atom is 0.155 e. The third kappa shape index (κ3) is 1.53. The molecule has 5 aliphatic rings. The van der Waals surface area contributed by atoms with Crippen molar-refractivity contribution in [2.45, 2.75) is 51.9 Å². The van der Waals surface area contributed by atoms with Gasteiger partial charge in [-0.15, -0.1) is 0 Å². The van der Waals surface area contributed by atoms with Crippen molar-refractivity contribution in [3.8, 4) is 6.07 Å². The molecule has 0 aromatic heterocycles. The predicted molar refractivity (Wildman–Crippen MR) is 83.6 cm³/mol. The number of carbonyl (C=O) groups excluding carboxylic acids is 1. The summed E-state index contributed by atoms with van der Waals surface area (Å²) in [5.74, 6) is 5.42. The Morgan fingerprint density at radius 2 is 2.00 bits per heavy atom. The average Bonchev–Trinajstić information content (AvgIpc) is 3.21. The van der Waals surface area contributed by atoms with Gasteiger partial charge in [-0.3, -0.25) is 4.79 Å². The molecule has 0 amide bonds. The third-order valence-corrected chi connectivity index (χ3v) is 8.23. The van der Waals surface area contributed by atoms with Crippen LogP contribution >= 0.6 is 0 Å². The lowest BCUT2D eigenvalue weighted by Crippen LogP contribution is -2.47. The van der Waals surface area contributed by atoms with Crippen LogP contribution in [-0.2, 0) is 4.79 Å². The molecule has 2 heteroatoms. The van der Waals surface area contributed by atoms with Crippen molar-refractivity contribution in [3.63, 3.8) is 0 Å². The summed E-state index contributed by atoms with van der Waals surface area (Å²) < 4.78 is 0. The number of hydrogen-bond donors (Lipinski definition) is 0. The van der Waals surface area contributed by atoms with E-state index in [4.69, 9.17) is 0 Å². The molecule has 8 unspecified atom stereocenters. The summed E-state index contributed by atoms with van der Waals surface area (Å²) in [6, 6.07) is 2.70. The maximum atomic E-state index is 11.7. The summed E-state index contributed by atoms with van der Waals surface area (Å²) in [5, 5.41) is 9.68. The van der Waals surface area contributed by atoms with Crippen LogP contribution < -0.4 is 0 Å². The molecule has 4 saturated carbocycles. The Morgan fingerprint density at radius 1 is 1.14 bits per heavy atom. The van der Waals surface area contributed by atoms with Gasteiger partial charge in [-0.25, -0.2) is 0 Å². The van der Waals surface area contributed by atoms with Crippen molar-refractivity contribution in [1.82, 2.24) is 0 Å². The molecule has 0 aliphatic heterocycles. The van der Waals surface area contributed by atoms with Crippen molar-refractivity contribution < 1.29 is 4.79 Å². The number of nitriles is 1. The lowest BCUT2D eigenvalue weighted by Gasteiger charge is -2.54. The topological polar surface area (TPSA) is 40.9 Å². The van der Waals surface area contributed by atoms with E-state index < -0.39 is 0 Å². The minimum atomic E-state index is 0.301. The summed E-state index contributed by atoms with van der Waals surface area (Å²) in [4.78, 5) is 11.7. The largest absolute Gasteiger partial charge is 0.295 e. The lowest BCUT2D eigenvalue weighted by atomic mass is 9.50. The van der Waals surface area contributed by atoms with Gasteiger partial charge < -0.3 is 0 Å². The summed E-state index contributed by atoms with van der Waals surface area (Å²) >= 11 is 0. The van der Waals surface area contributed by atoms with Crippen molar-refractivity contribution in [1.29, 1.82) is 5.26 Å². The smallest absolute Gasteiger partial charge is 0.155 e. The van der Waals surface area contributed by atoms with Crippen molar-refractivity contribution in [2.24, 2.45) is 46.8 Å². The standard InChI is InChI=1S/C20H25NO/c1-20-7-6-14-13-5-3-12(22)8-11(13)2-4-15(14)19(20)17-9-16(17)18(20)10-21/h8,13-19H,2-7,9H2,1H3. The molecule has 22 heavy (non-hydrogen) atoms. The first kappa shape index (κ1) is 13.3. The summed E-state index contributed by atoms with van der Waals surface area (Å²) in [6.45, 7) is 2.43. The van der Waals surface area contributed by atoms with Gasteiger partial charge in [0.2, 0.25) is 0 Å². The first-order valence-electron chi connectivity index (χ1n) is 9.26. The molecule has 5 rings (SSSR count). The van der Waals surface area contributed by atoms with Gasteiger partial charge in [0.25, 0.3) is 0 Å². The van der Waals surface area contributed by atoms with Crippen molar-refractivity contribution in [2.75, 3.05) is 0 Å². The second-order valence-corrected chi connectivity index (χ2v) is 8.94. The van der Waals surface area contributed by atoms with Crippen LogP contribution in [-0.4, -0.2) is 5.78 Å². The minimum absolute atomic E-state index is 0.301. The highest BCUT2D eigenvalue weighted by molar-refractivity contribution is 5.91. The molecule has 0 bridgehead atoms. The molecular weight excluding hydrogens is 270 g/mol. The molecule has 8 atom stereocenters. The summed E-state index contributed by atoms with van der Waals surface area (Å²) in [6.07, 6.45) is 10.2. The zero-order chi connectivity index (χ0) is 15.1. The zero-order valence-corrected chi connectivity index (χ0v) is 13.4. The highest BCUT2D eigenvalue weighted by Crippen LogP contribution is 2.74. The number of ketones is 1. The first-order chi connectivity index (χ1) is 10.6. The molecule has 0 radical (unpaired) electrons. The molecule has 2 nitrogen and oxygen atoms in total. The van der Waals surface area contributed by atoms with Crippen LogP contribution in [0.4, 0.5) is 0 Å². The SMILES string of the molecule is CC12CCC3C4CCC(=O)C=C4CCC3C1C1CC1C2C#N. The van der Waals surface area contributed by atoms with Crippen LogP contribution in [0.15, 0.2) is 11.6 Å². The van der Waals surface area contributed by atoms with E-state index in [0.29, 0.717) is 23.0 Å². The Labute approximate surface area is 133 Å². The van der Waals surface area contributed by atoms with E-state index in [0.717, 1.165) is 48.9 Å².